The molecule has 1 aliphatic heterocycles. The molecule has 1 fully saturated rings. The summed E-state index contributed by atoms with van der Waals surface area (Å²) in [5.74, 6) is -0.137. The quantitative estimate of drug-likeness (QED) is 0.179. The molecule has 0 spiro atoms. The molecule has 2 aromatic carbocycles. The van der Waals surface area contributed by atoms with Crippen LogP contribution in [0.15, 0.2) is 53.1 Å². The average molecular weight is 682 g/mol. The van der Waals surface area contributed by atoms with E-state index in [0.29, 0.717) is 29.2 Å². The molecular formula is C34H41Cl2F3N2O3Si. The number of alkyl halides is 3. The van der Waals surface area contributed by atoms with Gasteiger partial charge in [-0.2, -0.15) is 13.2 Å². The Morgan fingerprint density at radius 1 is 1.02 bits per heavy atom. The van der Waals surface area contributed by atoms with Crippen molar-refractivity contribution in [2.45, 2.75) is 83.4 Å². The van der Waals surface area contributed by atoms with Crippen LogP contribution in [0.25, 0.3) is 11.3 Å². The predicted molar refractivity (Wildman–Crippen MR) is 176 cm³/mol. The molecule has 3 aromatic rings. The second-order valence-corrected chi connectivity index (χ2v) is 17.7. The van der Waals surface area contributed by atoms with Gasteiger partial charge in [0.1, 0.15) is 5.76 Å². The molecule has 2 aliphatic rings. The van der Waals surface area contributed by atoms with Gasteiger partial charge in [0.2, 0.25) is 0 Å². The molecule has 45 heavy (non-hydrogen) atoms. The van der Waals surface area contributed by atoms with Crippen molar-refractivity contribution >= 4 is 43.1 Å². The van der Waals surface area contributed by atoms with Crippen LogP contribution in [0, 0.1) is 5.92 Å². The van der Waals surface area contributed by atoms with Crippen molar-refractivity contribution in [1.29, 1.82) is 0 Å². The number of hydrogen-bond donors (Lipinski definition) is 0. The van der Waals surface area contributed by atoms with E-state index in [2.05, 4.69) is 18.7 Å². The lowest BCUT2D eigenvalue weighted by atomic mass is 9.78. The fraction of sp³-hybridized carbons (Fsp3) is 0.500. The fourth-order valence-electron chi connectivity index (χ4n) is 7.22. The van der Waals surface area contributed by atoms with Gasteiger partial charge < -0.3 is 18.6 Å². The second-order valence-electron chi connectivity index (χ2n) is 12.2. The minimum Gasteiger partial charge on any atom is -0.464 e. The SMILES string of the molecule is CCN(CC)C1CC(CN2C(=O)C(O[Si](CC)(CC)CC)(c3ccc(Cl)cc3Cl)c3c2cc(-c2ccco2)cc3C(F)(F)F)C1. The molecule has 1 amide bonds. The van der Waals surface area contributed by atoms with Crippen LogP contribution in [-0.4, -0.2) is 44.8 Å². The largest absolute Gasteiger partial charge is 0.464 e. The molecule has 0 saturated heterocycles. The highest BCUT2D eigenvalue weighted by atomic mass is 35.5. The Labute approximate surface area is 274 Å². The number of anilines is 1. The summed E-state index contributed by atoms with van der Waals surface area (Å²) in [6, 6.07) is 12.8. The van der Waals surface area contributed by atoms with E-state index in [4.69, 9.17) is 32.0 Å². The minimum atomic E-state index is -4.81. The van der Waals surface area contributed by atoms with Gasteiger partial charge in [0.05, 0.1) is 17.5 Å². The van der Waals surface area contributed by atoms with E-state index in [1.165, 1.54) is 17.2 Å². The molecular weight excluding hydrogens is 640 g/mol. The Morgan fingerprint density at radius 2 is 1.69 bits per heavy atom. The standard InChI is InChI=1S/C34H41Cl2F3N2O3Si/c1-6-40(7-2)25-16-22(17-25)21-41-29-19-23(30-12-11-15-43-30)18-27(34(37,38)39)31(29)33(32(41)42,44-45(8-3,9-4)10-5)26-14-13-24(35)20-28(26)36/h11-15,18-20,22,25H,6-10,16-17,21H2,1-5H3. The fourth-order valence-corrected chi connectivity index (χ4v) is 10.6. The topological polar surface area (TPSA) is 45.9 Å². The van der Waals surface area contributed by atoms with Crippen LogP contribution in [0.1, 0.15) is 64.2 Å². The smallest absolute Gasteiger partial charge is 0.416 e. The van der Waals surface area contributed by atoms with Crippen LogP contribution in [-0.2, 0) is 21.0 Å². The number of furan rings is 1. The molecule has 0 radical (unpaired) electrons. The molecule has 1 aliphatic carbocycles. The van der Waals surface area contributed by atoms with E-state index in [9.17, 15) is 0 Å². The number of nitrogens with zero attached hydrogens (tertiary/aromatic N) is 2. The lowest BCUT2D eigenvalue weighted by Crippen LogP contribution is -2.54. The van der Waals surface area contributed by atoms with Crippen LogP contribution in [0.4, 0.5) is 18.9 Å². The van der Waals surface area contributed by atoms with Crippen molar-refractivity contribution in [2.24, 2.45) is 5.92 Å². The lowest BCUT2D eigenvalue weighted by Gasteiger charge is -2.44. The summed E-state index contributed by atoms with van der Waals surface area (Å²) in [4.78, 5) is 19.1. The molecule has 0 bridgehead atoms. The third-order valence-corrected chi connectivity index (χ3v) is 15.2. The average Bonchev–Trinajstić information content (AvgIpc) is 3.61. The summed E-state index contributed by atoms with van der Waals surface area (Å²) < 4.78 is 58.6. The number of carbonyl (C=O) groups excluding carboxylic acids is 1. The highest BCUT2D eigenvalue weighted by molar-refractivity contribution is 6.74. The molecule has 0 N–H and O–H groups in total. The third-order valence-electron chi connectivity index (χ3n) is 10.0. The minimum absolute atomic E-state index is 0.0864. The number of fused-ring (bicyclic) bond motifs is 1. The zero-order chi connectivity index (χ0) is 32.7. The van der Waals surface area contributed by atoms with Crippen molar-refractivity contribution in [3.63, 3.8) is 0 Å². The van der Waals surface area contributed by atoms with Crippen molar-refractivity contribution in [1.82, 2.24) is 4.90 Å². The summed E-state index contributed by atoms with van der Waals surface area (Å²) in [6.45, 7) is 12.3. The van der Waals surface area contributed by atoms with Gasteiger partial charge in [-0.05, 0) is 86.4 Å². The van der Waals surface area contributed by atoms with E-state index < -0.39 is 31.6 Å². The van der Waals surface area contributed by atoms with E-state index in [1.54, 1.807) is 30.3 Å². The molecule has 1 aromatic heterocycles. The van der Waals surface area contributed by atoms with Gasteiger partial charge in [-0.3, -0.25) is 4.79 Å². The molecule has 2 heterocycles. The first-order valence-electron chi connectivity index (χ1n) is 15.9. The zero-order valence-electron chi connectivity index (χ0n) is 26.4. The van der Waals surface area contributed by atoms with Crippen LogP contribution in [0.2, 0.25) is 28.2 Å². The Balaban J connectivity index is 1.79. The zero-order valence-corrected chi connectivity index (χ0v) is 29.0. The van der Waals surface area contributed by atoms with Gasteiger partial charge in [-0.15, -0.1) is 0 Å². The molecule has 5 rings (SSSR count). The number of amides is 1. The summed E-state index contributed by atoms with van der Waals surface area (Å²) in [7, 11) is -2.76. The number of benzene rings is 2. The van der Waals surface area contributed by atoms with Crippen molar-refractivity contribution < 1.29 is 26.8 Å². The molecule has 1 unspecified atom stereocenters. The number of hydrogen-bond acceptors (Lipinski definition) is 4. The van der Waals surface area contributed by atoms with Crippen molar-refractivity contribution in [2.75, 3.05) is 24.5 Å². The van der Waals surface area contributed by atoms with Gasteiger partial charge in [-0.25, -0.2) is 0 Å². The Kier molecular flexibility index (Phi) is 9.89. The molecule has 5 nitrogen and oxygen atoms in total. The second kappa shape index (κ2) is 13.1. The predicted octanol–water partition coefficient (Wildman–Crippen LogP) is 10.0. The first-order chi connectivity index (χ1) is 21.4. The maximum Gasteiger partial charge on any atom is 0.416 e. The summed E-state index contributed by atoms with van der Waals surface area (Å²) >= 11 is 13.1. The third kappa shape index (κ3) is 5.99. The first-order valence-corrected chi connectivity index (χ1v) is 19.2. The number of carbonyl (C=O) groups is 1. The monoisotopic (exact) mass is 680 g/mol. The van der Waals surface area contributed by atoms with E-state index in [-0.39, 0.29) is 45.6 Å². The van der Waals surface area contributed by atoms with Crippen LogP contribution >= 0.6 is 23.2 Å². The summed E-state index contributed by atoms with van der Waals surface area (Å²) in [6.07, 6.45) is -1.67. The van der Waals surface area contributed by atoms with E-state index in [1.807, 2.05) is 20.8 Å². The van der Waals surface area contributed by atoms with Crippen LogP contribution < -0.4 is 4.90 Å². The molecule has 11 heteroatoms. The number of halogens is 5. The normalized spacial score (nSPS) is 21.8. The van der Waals surface area contributed by atoms with Gasteiger partial charge in [0.15, 0.2) is 13.9 Å². The lowest BCUT2D eigenvalue weighted by molar-refractivity contribution is -0.141. The maximum atomic E-state index is 15.3. The van der Waals surface area contributed by atoms with Crippen molar-refractivity contribution in [3.05, 3.63) is 75.5 Å². The Hall–Kier alpha value is -2.30. The first kappa shape index (κ1) is 34.0. The highest BCUT2D eigenvalue weighted by Crippen LogP contribution is 2.57. The highest BCUT2D eigenvalue weighted by Gasteiger charge is 2.61. The van der Waals surface area contributed by atoms with E-state index in [0.717, 1.165) is 32.0 Å². The molecule has 1 atom stereocenters. The summed E-state index contributed by atoms with van der Waals surface area (Å²) in [5, 5.41) is 0.399. The summed E-state index contributed by atoms with van der Waals surface area (Å²) in [5.41, 5.74) is -2.63. The molecule has 244 valence electrons. The van der Waals surface area contributed by atoms with E-state index >= 15 is 18.0 Å². The van der Waals surface area contributed by atoms with Gasteiger partial charge in [0.25, 0.3) is 5.91 Å². The Bertz CT molecular complexity index is 1510. The molecule has 1 saturated carbocycles. The number of rotatable bonds is 12. The van der Waals surface area contributed by atoms with Crippen molar-refractivity contribution in [3.8, 4) is 11.3 Å². The van der Waals surface area contributed by atoms with Gasteiger partial charge >= 0.3 is 6.18 Å². The van der Waals surface area contributed by atoms with Gasteiger partial charge in [-0.1, -0.05) is 63.9 Å². The maximum absolute atomic E-state index is 15.3. The van der Waals surface area contributed by atoms with Gasteiger partial charge in [0, 0.05) is 39.3 Å². The van der Waals surface area contributed by atoms with Crippen LogP contribution in [0.5, 0.6) is 0 Å². The van der Waals surface area contributed by atoms with Crippen LogP contribution in [0.3, 0.4) is 0 Å². The Morgan fingerprint density at radius 3 is 2.22 bits per heavy atom.